The molecule has 1 aliphatic carbocycles. The Labute approximate surface area is 159 Å². The molecule has 2 aliphatic heterocycles. The highest BCUT2D eigenvalue weighted by molar-refractivity contribution is 5.76. The summed E-state index contributed by atoms with van der Waals surface area (Å²) in [6.45, 7) is 0.595. The molecule has 0 N–H and O–H groups in total. The van der Waals surface area contributed by atoms with Crippen molar-refractivity contribution in [2.45, 2.75) is 12.3 Å². The first-order valence-electron chi connectivity index (χ1n) is 8.93. The molecule has 10 heteroatoms. The van der Waals surface area contributed by atoms with Crippen LogP contribution in [0.5, 0.6) is 11.9 Å². The second kappa shape index (κ2) is 5.98. The number of nitrogens with zero attached hydrogens (tertiary/aromatic N) is 6. The normalized spacial score (nSPS) is 22.8. The number of rotatable bonds is 4. The lowest BCUT2D eigenvalue weighted by atomic mass is 9.67. The summed E-state index contributed by atoms with van der Waals surface area (Å²) < 4.78 is 40.0. The number of ether oxygens (including phenoxy) is 2. The minimum atomic E-state index is -2.56. The van der Waals surface area contributed by atoms with E-state index in [1.54, 1.807) is 23.1 Å². The summed E-state index contributed by atoms with van der Waals surface area (Å²) >= 11 is 0. The third-order valence-electron chi connectivity index (χ3n) is 5.60. The van der Waals surface area contributed by atoms with Crippen LogP contribution in [0.3, 0.4) is 0 Å². The second-order valence-corrected chi connectivity index (χ2v) is 7.10. The Kier molecular flexibility index (Phi) is 3.65. The minimum absolute atomic E-state index is 0.183. The molecule has 3 aromatic heterocycles. The monoisotopic (exact) mass is 388 g/mol. The van der Waals surface area contributed by atoms with Gasteiger partial charge < -0.3 is 14.4 Å². The highest BCUT2D eigenvalue weighted by Gasteiger charge is 2.61. The molecule has 2 unspecified atom stereocenters. The van der Waals surface area contributed by atoms with E-state index < -0.39 is 17.8 Å². The smallest absolute Gasteiger partial charge is 0.319 e. The van der Waals surface area contributed by atoms with Gasteiger partial charge in [-0.3, -0.25) is 0 Å². The molecule has 2 bridgehead atoms. The van der Waals surface area contributed by atoms with Gasteiger partial charge in [-0.05, 0) is 12.5 Å². The molecular formula is C18H18F2N6O2. The number of hydrogen-bond donors (Lipinski definition) is 0. The molecule has 5 heterocycles. The fourth-order valence-electron chi connectivity index (χ4n) is 4.07. The number of halogens is 2. The maximum atomic E-state index is 14.0. The van der Waals surface area contributed by atoms with Gasteiger partial charge in [-0.1, -0.05) is 0 Å². The summed E-state index contributed by atoms with van der Waals surface area (Å²) in [6.07, 6.45) is 5.50. The lowest BCUT2D eigenvalue weighted by Gasteiger charge is -2.53. The Hall–Kier alpha value is -3.04. The molecular weight excluding hydrogens is 370 g/mol. The van der Waals surface area contributed by atoms with E-state index >= 15 is 0 Å². The molecule has 0 spiro atoms. The Morgan fingerprint density at radius 2 is 1.93 bits per heavy atom. The van der Waals surface area contributed by atoms with Gasteiger partial charge in [0.25, 0.3) is 5.92 Å². The largest absolute Gasteiger partial charge is 0.480 e. The van der Waals surface area contributed by atoms with E-state index in [0.29, 0.717) is 42.3 Å². The van der Waals surface area contributed by atoms with E-state index in [9.17, 15) is 8.78 Å². The standard InChI is InChI=1S/C18H18F2N6O2/c1-27-16-12(7-22-17(23-16)28-2)13-6-14(15-21-3-4-26(15)24-13)25-8-10-5-11(9-25)18(10,19)20/h3-4,6-7,10-11H,5,8-9H2,1-2H3. The van der Waals surface area contributed by atoms with Crippen molar-refractivity contribution in [3.05, 3.63) is 24.7 Å². The minimum Gasteiger partial charge on any atom is -0.480 e. The lowest BCUT2D eigenvalue weighted by Crippen LogP contribution is -2.62. The van der Waals surface area contributed by atoms with Crippen LogP contribution in [0.4, 0.5) is 14.5 Å². The number of alkyl halides is 2. The van der Waals surface area contributed by atoms with E-state index in [1.165, 1.54) is 14.2 Å². The first-order valence-corrected chi connectivity index (χ1v) is 8.93. The highest BCUT2D eigenvalue weighted by Crippen LogP contribution is 2.53. The zero-order chi connectivity index (χ0) is 19.5. The molecule has 6 rings (SSSR count). The average molecular weight is 388 g/mol. The van der Waals surface area contributed by atoms with Gasteiger partial charge in [0, 0.05) is 43.5 Å². The highest BCUT2D eigenvalue weighted by atomic mass is 19.3. The van der Waals surface area contributed by atoms with E-state index in [0.717, 1.165) is 5.69 Å². The Bertz CT molecular complexity index is 1040. The van der Waals surface area contributed by atoms with Crippen LogP contribution in [0.1, 0.15) is 6.42 Å². The van der Waals surface area contributed by atoms with Crippen molar-refractivity contribution in [2.75, 3.05) is 32.2 Å². The predicted molar refractivity (Wildman–Crippen MR) is 95.9 cm³/mol. The van der Waals surface area contributed by atoms with Crippen LogP contribution in [0.15, 0.2) is 24.7 Å². The number of fused-ring (bicyclic) bond motifs is 3. The van der Waals surface area contributed by atoms with Crippen LogP contribution < -0.4 is 14.4 Å². The molecule has 3 aliphatic rings. The maximum Gasteiger partial charge on any atom is 0.319 e. The molecule has 0 aromatic carbocycles. The third-order valence-corrected chi connectivity index (χ3v) is 5.60. The fraction of sp³-hybridized carbons (Fsp3) is 0.444. The van der Waals surface area contributed by atoms with Crippen LogP contribution in [-0.2, 0) is 0 Å². The van der Waals surface area contributed by atoms with Crippen molar-refractivity contribution in [3.8, 4) is 23.1 Å². The van der Waals surface area contributed by atoms with Crippen LogP contribution in [0, 0.1) is 11.8 Å². The molecule has 0 radical (unpaired) electrons. The topological polar surface area (TPSA) is 77.7 Å². The number of hydrogen-bond acceptors (Lipinski definition) is 7. The Morgan fingerprint density at radius 3 is 2.61 bits per heavy atom. The summed E-state index contributed by atoms with van der Waals surface area (Å²) in [6, 6.07) is 2.02. The summed E-state index contributed by atoms with van der Waals surface area (Å²) in [5.41, 5.74) is 2.53. The molecule has 3 aromatic rings. The summed E-state index contributed by atoms with van der Waals surface area (Å²) in [7, 11) is 2.97. The molecule has 28 heavy (non-hydrogen) atoms. The van der Waals surface area contributed by atoms with Gasteiger partial charge in [-0.25, -0.2) is 23.3 Å². The van der Waals surface area contributed by atoms with E-state index in [2.05, 4.69) is 20.1 Å². The van der Waals surface area contributed by atoms with Crippen molar-refractivity contribution in [1.82, 2.24) is 24.6 Å². The molecule has 3 fully saturated rings. The number of piperidine rings is 2. The molecule has 8 nitrogen and oxygen atoms in total. The summed E-state index contributed by atoms with van der Waals surface area (Å²) in [5, 5.41) is 4.56. The van der Waals surface area contributed by atoms with Gasteiger partial charge in [-0.2, -0.15) is 10.1 Å². The molecule has 146 valence electrons. The first kappa shape index (κ1) is 17.1. The average Bonchev–Trinajstić information content (AvgIpc) is 3.21. The Morgan fingerprint density at radius 1 is 1.14 bits per heavy atom. The van der Waals surface area contributed by atoms with Crippen molar-refractivity contribution in [2.24, 2.45) is 11.8 Å². The number of anilines is 1. The van der Waals surface area contributed by atoms with Crippen LogP contribution in [-0.4, -0.2) is 57.8 Å². The summed E-state index contributed by atoms with van der Waals surface area (Å²) in [4.78, 5) is 14.7. The van der Waals surface area contributed by atoms with E-state index in [4.69, 9.17) is 9.47 Å². The van der Waals surface area contributed by atoms with Crippen molar-refractivity contribution >= 4 is 11.3 Å². The Balaban J connectivity index is 1.60. The maximum absolute atomic E-state index is 14.0. The van der Waals surface area contributed by atoms with E-state index in [-0.39, 0.29) is 6.01 Å². The number of methoxy groups -OCH3 is 2. The van der Waals surface area contributed by atoms with Crippen molar-refractivity contribution < 1.29 is 18.3 Å². The third kappa shape index (κ3) is 2.40. The van der Waals surface area contributed by atoms with Crippen molar-refractivity contribution in [3.63, 3.8) is 0 Å². The van der Waals surface area contributed by atoms with Crippen LogP contribution in [0.25, 0.3) is 16.9 Å². The second-order valence-electron chi connectivity index (χ2n) is 7.10. The van der Waals surface area contributed by atoms with Gasteiger partial charge in [0.15, 0.2) is 5.65 Å². The van der Waals surface area contributed by atoms with Crippen molar-refractivity contribution in [1.29, 1.82) is 0 Å². The van der Waals surface area contributed by atoms with Gasteiger partial charge in [-0.15, -0.1) is 0 Å². The number of imidazole rings is 1. The van der Waals surface area contributed by atoms with Gasteiger partial charge in [0.1, 0.15) is 5.69 Å². The molecule has 2 saturated heterocycles. The fourth-order valence-corrected chi connectivity index (χ4v) is 4.07. The molecule has 2 atom stereocenters. The first-order chi connectivity index (χ1) is 13.5. The lowest BCUT2D eigenvalue weighted by molar-refractivity contribution is -0.194. The van der Waals surface area contributed by atoms with Crippen LogP contribution >= 0.6 is 0 Å². The van der Waals surface area contributed by atoms with Gasteiger partial charge >= 0.3 is 6.01 Å². The van der Waals surface area contributed by atoms with Crippen LogP contribution in [0.2, 0.25) is 0 Å². The van der Waals surface area contributed by atoms with Gasteiger partial charge in [0.2, 0.25) is 5.88 Å². The molecule has 0 amide bonds. The van der Waals surface area contributed by atoms with Gasteiger partial charge in [0.05, 0.1) is 25.5 Å². The SMILES string of the molecule is COc1ncc(-c2cc(N3CC4CC(C3)C4(F)F)c3nccn3n2)c(OC)n1. The quantitative estimate of drug-likeness (QED) is 0.679. The van der Waals surface area contributed by atoms with E-state index in [1.807, 2.05) is 11.0 Å². The number of aromatic nitrogens is 5. The zero-order valence-electron chi connectivity index (χ0n) is 15.3. The molecule has 1 saturated carbocycles. The zero-order valence-corrected chi connectivity index (χ0v) is 15.3. The predicted octanol–water partition coefficient (Wildman–Crippen LogP) is 2.29. The summed E-state index contributed by atoms with van der Waals surface area (Å²) in [5.74, 6) is -3.48.